The van der Waals surface area contributed by atoms with Crippen molar-refractivity contribution in [3.05, 3.63) is 47.5 Å². The van der Waals surface area contributed by atoms with Gasteiger partial charge in [0.2, 0.25) is 5.91 Å². The zero-order valence-electron chi connectivity index (χ0n) is 14.7. The molecular formula is C19H23NO3S. The van der Waals surface area contributed by atoms with Crippen LogP contribution in [0, 0.1) is 13.8 Å². The number of anilines is 1. The van der Waals surface area contributed by atoms with E-state index in [1.807, 2.05) is 57.2 Å². The Morgan fingerprint density at radius 3 is 2.42 bits per heavy atom. The van der Waals surface area contributed by atoms with Crippen molar-refractivity contribution in [1.82, 2.24) is 0 Å². The smallest absolute Gasteiger partial charge is 0.237 e. The molecule has 0 heterocycles. The van der Waals surface area contributed by atoms with Crippen LogP contribution >= 0.6 is 11.8 Å². The predicted molar refractivity (Wildman–Crippen MR) is 99.4 cm³/mol. The average molecular weight is 345 g/mol. The minimum absolute atomic E-state index is 0.0246. The maximum atomic E-state index is 12.5. The molecule has 0 aliphatic carbocycles. The van der Waals surface area contributed by atoms with Crippen LogP contribution in [0.1, 0.15) is 18.1 Å². The molecule has 1 atom stereocenters. The molecule has 2 rings (SSSR count). The Morgan fingerprint density at radius 2 is 1.75 bits per heavy atom. The molecule has 4 nitrogen and oxygen atoms in total. The van der Waals surface area contributed by atoms with E-state index in [0.29, 0.717) is 11.5 Å². The highest BCUT2D eigenvalue weighted by Gasteiger charge is 2.16. The summed E-state index contributed by atoms with van der Waals surface area (Å²) in [5.74, 6) is 1.31. The molecule has 5 heteroatoms. The van der Waals surface area contributed by atoms with Crippen LogP contribution in [-0.2, 0) is 4.79 Å². The van der Waals surface area contributed by atoms with Crippen LogP contribution in [0.2, 0.25) is 0 Å². The van der Waals surface area contributed by atoms with E-state index >= 15 is 0 Å². The van der Waals surface area contributed by atoms with Crippen LogP contribution in [0.3, 0.4) is 0 Å². The summed E-state index contributed by atoms with van der Waals surface area (Å²) >= 11 is 1.48. The molecule has 0 fully saturated rings. The molecule has 0 saturated carbocycles. The molecule has 24 heavy (non-hydrogen) atoms. The van der Waals surface area contributed by atoms with Crippen molar-refractivity contribution in [3.63, 3.8) is 0 Å². The third kappa shape index (κ3) is 4.45. The summed E-state index contributed by atoms with van der Waals surface area (Å²) in [6, 6.07) is 11.7. The van der Waals surface area contributed by atoms with Crippen molar-refractivity contribution in [1.29, 1.82) is 0 Å². The Labute approximate surface area is 147 Å². The van der Waals surface area contributed by atoms with Crippen LogP contribution < -0.4 is 14.8 Å². The molecule has 1 N–H and O–H groups in total. The Bertz CT molecular complexity index is 731. The second-order valence-corrected chi connectivity index (χ2v) is 7.00. The first-order valence-electron chi connectivity index (χ1n) is 7.71. The number of hydrogen-bond donors (Lipinski definition) is 1. The number of rotatable bonds is 6. The van der Waals surface area contributed by atoms with Gasteiger partial charge < -0.3 is 14.8 Å². The summed E-state index contributed by atoms with van der Waals surface area (Å²) in [4.78, 5) is 13.4. The molecule has 128 valence electrons. The number of ether oxygens (including phenoxy) is 2. The number of methoxy groups -OCH3 is 2. The van der Waals surface area contributed by atoms with Gasteiger partial charge in [-0.15, -0.1) is 11.8 Å². The molecule has 1 amide bonds. The minimum Gasteiger partial charge on any atom is -0.493 e. The summed E-state index contributed by atoms with van der Waals surface area (Å²) in [6.07, 6.45) is 0. The van der Waals surface area contributed by atoms with Crippen molar-refractivity contribution >= 4 is 23.4 Å². The Kier molecular flexibility index (Phi) is 6.15. The van der Waals surface area contributed by atoms with E-state index in [2.05, 4.69) is 5.32 Å². The second kappa shape index (κ2) is 8.11. The molecule has 0 unspecified atom stereocenters. The van der Waals surface area contributed by atoms with Crippen LogP contribution in [0.25, 0.3) is 0 Å². The fourth-order valence-corrected chi connectivity index (χ4v) is 3.15. The number of carbonyl (C=O) groups excluding carboxylic acids is 1. The first kappa shape index (κ1) is 18.2. The monoisotopic (exact) mass is 345 g/mol. The van der Waals surface area contributed by atoms with Crippen LogP contribution in [-0.4, -0.2) is 25.4 Å². The summed E-state index contributed by atoms with van der Waals surface area (Å²) in [7, 11) is 3.20. The molecule has 0 bridgehead atoms. The summed E-state index contributed by atoms with van der Waals surface area (Å²) < 4.78 is 10.5. The number of amides is 1. The fraction of sp³-hybridized carbons (Fsp3) is 0.316. The fourth-order valence-electron chi connectivity index (χ4n) is 2.25. The number of carbonyl (C=O) groups is 1. The predicted octanol–water partition coefficient (Wildman–Crippen LogP) is 4.44. The summed E-state index contributed by atoms with van der Waals surface area (Å²) in [5, 5.41) is 2.77. The first-order chi connectivity index (χ1) is 11.4. The largest absolute Gasteiger partial charge is 0.493 e. The topological polar surface area (TPSA) is 47.6 Å². The Hall–Kier alpha value is -2.14. The van der Waals surface area contributed by atoms with E-state index in [9.17, 15) is 4.79 Å². The SMILES string of the molecule is COc1ccc(S[C@@H](C)C(=O)Nc2cc(C)ccc2C)cc1OC. The second-order valence-electron chi connectivity index (χ2n) is 5.58. The van der Waals surface area contributed by atoms with Gasteiger partial charge in [0.15, 0.2) is 11.5 Å². The van der Waals surface area contributed by atoms with Gasteiger partial charge in [0.05, 0.1) is 19.5 Å². The standard InChI is InChI=1S/C19H23NO3S/c1-12-6-7-13(2)16(10-12)20-19(21)14(3)24-15-8-9-17(22-4)18(11-15)23-5/h6-11,14H,1-5H3,(H,20,21)/t14-/m0/s1. The number of benzene rings is 2. The Balaban J connectivity index is 2.07. The highest BCUT2D eigenvalue weighted by Crippen LogP contribution is 2.33. The number of hydrogen-bond acceptors (Lipinski definition) is 4. The van der Waals surface area contributed by atoms with E-state index < -0.39 is 0 Å². The number of nitrogens with one attached hydrogen (secondary N) is 1. The maximum Gasteiger partial charge on any atom is 0.237 e. The van der Waals surface area contributed by atoms with Gasteiger partial charge >= 0.3 is 0 Å². The van der Waals surface area contributed by atoms with Crippen molar-refractivity contribution < 1.29 is 14.3 Å². The molecule has 0 aliphatic rings. The zero-order chi connectivity index (χ0) is 17.7. The van der Waals surface area contributed by atoms with Gasteiger partial charge in [-0.25, -0.2) is 0 Å². The van der Waals surface area contributed by atoms with Gasteiger partial charge in [0, 0.05) is 10.6 Å². The molecule has 2 aromatic carbocycles. The Morgan fingerprint density at radius 1 is 1.04 bits per heavy atom. The van der Waals surface area contributed by atoms with Crippen LogP contribution in [0.15, 0.2) is 41.3 Å². The highest BCUT2D eigenvalue weighted by molar-refractivity contribution is 8.00. The molecule has 0 spiro atoms. The quantitative estimate of drug-likeness (QED) is 0.786. The minimum atomic E-state index is -0.233. The lowest BCUT2D eigenvalue weighted by molar-refractivity contribution is -0.115. The summed E-state index contributed by atoms with van der Waals surface area (Å²) in [5.41, 5.74) is 3.04. The molecule has 0 radical (unpaired) electrons. The van der Waals surface area contributed by atoms with E-state index in [-0.39, 0.29) is 11.2 Å². The molecule has 0 aromatic heterocycles. The van der Waals surface area contributed by atoms with Gasteiger partial charge in [-0.3, -0.25) is 4.79 Å². The zero-order valence-corrected chi connectivity index (χ0v) is 15.5. The maximum absolute atomic E-state index is 12.5. The van der Waals surface area contributed by atoms with E-state index in [4.69, 9.17) is 9.47 Å². The molecule has 0 saturated heterocycles. The van der Waals surface area contributed by atoms with Crippen LogP contribution in [0.4, 0.5) is 5.69 Å². The lowest BCUT2D eigenvalue weighted by atomic mass is 10.1. The van der Waals surface area contributed by atoms with Gasteiger partial charge in [-0.2, -0.15) is 0 Å². The van der Waals surface area contributed by atoms with Crippen molar-refractivity contribution in [2.24, 2.45) is 0 Å². The van der Waals surface area contributed by atoms with Crippen LogP contribution in [0.5, 0.6) is 11.5 Å². The van der Waals surface area contributed by atoms with E-state index in [1.54, 1.807) is 14.2 Å². The first-order valence-corrected chi connectivity index (χ1v) is 8.59. The van der Waals surface area contributed by atoms with E-state index in [1.165, 1.54) is 11.8 Å². The molecular weight excluding hydrogens is 322 g/mol. The van der Waals surface area contributed by atoms with Crippen molar-refractivity contribution in [2.75, 3.05) is 19.5 Å². The third-order valence-corrected chi connectivity index (χ3v) is 4.78. The van der Waals surface area contributed by atoms with Crippen molar-refractivity contribution in [2.45, 2.75) is 30.9 Å². The summed E-state index contributed by atoms with van der Waals surface area (Å²) in [6.45, 7) is 5.89. The third-order valence-electron chi connectivity index (χ3n) is 3.69. The number of thioether (sulfide) groups is 1. The number of aryl methyl sites for hydroxylation is 2. The molecule has 0 aliphatic heterocycles. The average Bonchev–Trinajstić information content (AvgIpc) is 2.57. The lowest BCUT2D eigenvalue weighted by Gasteiger charge is -2.15. The van der Waals surface area contributed by atoms with Gasteiger partial charge in [0.25, 0.3) is 0 Å². The molecule has 2 aromatic rings. The van der Waals surface area contributed by atoms with Gasteiger partial charge in [-0.05, 0) is 56.2 Å². The lowest BCUT2D eigenvalue weighted by Crippen LogP contribution is -2.22. The van der Waals surface area contributed by atoms with E-state index in [0.717, 1.165) is 21.7 Å². The van der Waals surface area contributed by atoms with Gasteiger partial charge in [0.1, 0.15) is 0 Å². The van der Waals surface area contributed by atoms with Crippen molar-refractivity contribution in [3.8, 4) is 11.5 Å². The normalized spacial score (nSPS) is 11.7. The highest BCUT2D eigenvalue weighted by atomic mass is 32.2. The van der Waals surface area contributed by atoms with Gasteiger partial charge in [-0.1, -0.05) is 12.1 Å².